The maximum atomic E-state index is 12.8. The molecule has 8 aliphatic carbocycles. The molecule has 1 amide bonds. The SMILES string of the molecule is O=[C]N(c1ccccc1C1C2CC3CC(C2)CC1C3)c1ccccc1C1C2CC3CC(C2)CC1C3. The Labute approximate surface area is 210 Å². The lowest BCUT2D eigenvalue weighted by Crippen LogP contribution is -2.44. The number of nitrogens with zero attached hydrogens (tertiary/aromatic N) is 1. The number of para-hydroxylation sites is 2. The van der Waals surface area contributed by atoms with E-state index in [1.165, 1.54) is 75.3 Å². The summed E-state index contributed by atoms with van der Waals surface area (Å²) < 4.78 is 0. The molecular weight excluding hydrogens is 426 g/mol. The van der Waals surface area contributed by atoms with Crippen LogP contribution in [0.1, 0.15) is 87.2 Å². The lowest BCUT2D eigenvalue weighted by atomic mass is 9.50. The number of anilines is 2. The van der Waals surface area contributed by atoms with E-state index in [0.717, 1.165) is 58.7 Å². The maximum Gasteiger partial charge on any atom is 0.321 e. The van der Waals surface area contributed by atoms with Crippen molar-refractivity contribution in [3.05, 3.63) is 59.7 Å². The van der Waals surface area contributed by atoms with Crippen LogP contribution in [0.3, 0.4) is 0 Å². The fourth-order valence-corrected chi connectivity index (χ4v) is 11.0. The Hall–Kier alpha value is -2.09. The van der Waals surface area contributed by atoms with Crippen LogP contribution in [-0.4, -0.2) is 6.41 Å². The van der Waals surface area contributed by atoms with Gasteiger partial charge in [0.2, 0.25) is 0 Å². The van der Waals surface area contributed by atoms with Crippen LogP contribution < -0.4 is 4.90 Å². The summed E-state index contributed by atoms with van der Waals surface area (Å²) in [5, 5.41) is 0. The van der Waals surface area contributed by atoms with Crippen molar-refractivity contribution < 1.29 is 4.79 Å². The first-order valence-corrected chi connectivity index (χ1v) is 14.6. The van der Waals surface area contributed by atoms with E-state index in [1.807, 2.05) is 4.90 Å². The van der Waals surface area contributed by atoms with Crippen LogP contribution in [0.5, 0.6) is 0 Å². The Kier molecular flexibility index (Phi) is 4.78. The molecule has 8 aliphatic rings. The molecule has 1 radical (unpaired) electrons. The molecule has 2 aromatic carbocycles. The molecule has 2 nitrogen and oxygen atoms in total. The summed E-state index contributed by atoms with van der Waals surface area (Å²) in [7, 11) is 0. The lowest BCUT2D eigenvalue weighted by molar-refractivity contribution is -0.00276. The smallest absolute Gasteiger partial charge is 0.272 e. The fraction of sp³-hybridized carbons (Fsp3) is 0.606. The maximum absolute atomic E-state index is 12.8. The van der Waals surface area contributed by atoms with Crippen LogP contribution in [0.15, 0.2) is 48.5 Å². The van der Waals surface area contributed by atoms with Gasteiger partial charge in [0.05, 0.1) is 11.4 Å². The van der Waals surface area contributed by atoms with E-state index in [1.54, 1.807) is 0 Å². The van der Waals surface area contributed by atoms with E-state index in [-0.39, 0.29) is 0 Å². The van der Waals surface area contributed by atoms with Crippen LogP contribution in [0, 0.1) is 47.3 Å². The summed E-state index contributed by atoms with van der Waals surface area (Å²) >= 11 is 0. The minimum Gasteiger partial charge on any atom is -0.272 e. The summed E-state index contributed by atoms with van der Waals surface area (Å²) in [4.78, 5) is 14.7. The molecule has 0 atom stereocenters. The zero-order chi connectivity index (χ0) is 23.1. The standard InChI is InChI=1S/C33H38NO/c35-19-34(30-7-3-1-5-28(30)32-24-11-20-9-21(13-24)14-25(32)12-20)31-8-4-2-6-29(31)33-26-15-22-10-23(17-26)18-27(33)16-22/h1-8,20-27,32-33H,9-18H2. The van der Waals surface area contributed by atoms with Crippen molar-refractivity contribution in [3.8, 4) is 0 Å². The Balaban J connectivity index is 1.19. The van der Waals surface area contributed by atoms with Crippen molar-refractivity contribution in [3.63, 3.8) is 0 Å². The van der Waals surface area contributed by atoms with Crippen molar-refractivity contribution in [2.75, 3.05) is 4.90 Å². The highest BCUT2D eigenvalue weighted by atomic mass is 16.1. The van der Waals surface area contributed by atoms with Crippen molar-refractivity contribution in [1.82, 2.24) is 0 Å². The van der Waals surface area contributed by atoms with Gasteiger partial charge >= 0.3 is 6.41 Å². The molecule has 35 heavy (non-hydrogen) atoms. The first-order valence-electron chi connectivity index (χ1n) is 14.6. The van der Waals surface area contributed by atoms with Gasteiger partial charge in [-0.05, 0) is 147 Å². The van der Waals surface area contributed by atoms with E-state index in [0.29, 0.717) is 11.8 Å². The normalized spacial score (nSPS) is 42.4. The molecule has 0 N–H and O–H groups in total. The molecular formula is C33H38NO. The molecule has 0 heterocycles. The molecule has 0 aromatic heterocycles. The highest BCUT2D eigenvalue weighted by molar-refractivity contribution is 5.90. The van der Waals surface area contributed by atoms with E-state index >= 15 is 0 Å². The van der Waals surface area contributed by atoms with Crippen LogP contribution in [0.2, 0.25) is 0 Å². The second-order valence-electron chi connectivity index (χ2n) is 13.5. The van der Waals surface area contributed by atoms with E-state index in [4.69, 9.17) is 0 Å². The molecule has 0 unspecified atom stereocenters. The molecule has 0 saturated heterocycles. The second-order valence-corrected chi connectivity index (χ2v) is 13.5. The lowest BCUT2D eigenvalue weighted by Gasteiger charge is -2.55. The van der Waals surface area contributed by atoms with Gasteiger partial charge < -0.3 is 0 Å². The quantitative estimate of drug-likeness (QED) is 0.411. The third-order valence-corrected chi connectivity index (χ3v) is 11.6. The third-order valence-electron chi connectivity index (χ3n) is 11.6. The number of rotatable bonds is 5. The zero-order valence-corrected chi connectivity index (χ0v) is 20.8. The predicted molar refractivity (Wildman–Crippen MR) is 140 cm³/mol. The summed E-state index contributed by atoms with van der Waals surface area (Å²) in [6.07, 6.45) is 16.6. The van der Waals surface area contributed by atoms with Crippen LogP contribution >= 0.6 is 0 Å². The largest absolute Gasteiger partial charge is 0.321 e. The molecule has 8 saturated carbocycles. The summed E-state index contributed by atoms with van der Waals surface area (Å²) in [5.41, 5.74) is 5.06. The second kappa shape index (κ2) is 7.95. The predicted octanol–water partition coefficient (Wildman–Crippen LogP) is 7.97. The molecule has 181 valence electrons. The minimum absolute atomic E-state index is 0.614. The van der Waals surface area contributed by atoms with Gasteiger partial charge in [-0.2, -0.15) is 0 Å². The van der Waals surface area contributed by atoms with Crippen LogP contribution in [-0.2, 0) is 4.79 Å². The topological polar surface area (TPSA) is 20.3 Å². The van der Waals surface area contributed by atoms with Gasteiger partial charge in [0.25, 0.3) is 0 Å². The van der Waals surface area contributed by atoms with Crippen LogP contribution in [0.4, 0.5) is 11.4 Å². The molecule has 8 fully saturated rings. The number of hydrogen-bond donors (Lipinski definition) is 0. The number of benzene rings is 2. The first-order chi connectivity index (χ1) is 17.2. The van der Waals surface area contributed by atoms with Gasteiger partial charge in [-0.3, -0.25) is 9.69 Å². The number of hydrogen-bond acceptors (Lipinski definition) is 1. The first kappa shape index (κ1) is 21.0. The van der Waals surface area contributed by atoms with E-state index in [2.05, 4.69) is 54.9 Å². The van der Waals surface area contributed by atoms with Gasteiger partial charge in [0.1, 0.15) is 0 Å². The molecule has 8 bridgehead atoms. The van der Waals surface area contributed by atoms with Gasteiger partial charge in [0, 0.05) is 0 Å². The highest BCUT2D eigenvalue weighted by Gasteiger charge is 2.51. The number of carbonyl (C=O) groups excluding carboxylic acids is 1. The molecule has 0 spiro atoms. The summed E-state index contributed by atoms with van der Waals surface area (Å²) in [6, 6.07) is 17.8. The van der Waals surface area contributed by atoms with Gasteiger partial charge in [-0.25, -0.2) is 0 Å². The Morgan fingerprint density at radius 2 is 0.857 bits per heavy atom. The molecule has 10 rings (SSSR count). The van der Waals surface area contributed by atoms with Gasteiger partial charge in [-0.15, -0.1) is 0 Å². The Bertz CT molecular complexity index is 994. The fourth-order valence-electron chi connectivity index (χ4n) is 11.0. The van der Waals surface area contributed by atoms with Gasteiger partial charge in [-0.1, -0.05) is 36.4 Å². The Morgan fingerprint density at radius 1 is 0.514 bits per heavy atom. The van der Waals surface area contributed by atoms with Crippen molar-refractivity contribution in [2.24, 2.45) is 47.3 Å². The molecule has 0 aliphatic heterocycles. The molecule has 2 heteroatoms. The summed E-state index contributed by atoms with van der Waals surface area (Å²) in [6.45, 7) is 0. The molecule has 2 aromatic rings. The van der Waals surface area contributed by atoms with E-state index < -0.39 is 0 Å². The van der Waals surface area contributed by atoms with Crippen molar-refractivity contribution in [2.45, 2.75) is 76.0 Å². The average molecular weight is 465 g/mol. The minimum atomic E-state index is 0.614. The zero-order valence-electron chi connectivity index (χ0n) is 20.8. The third kappa shape index (κ3) is 3.24. The highest BCUT2D eigenvalue weighted by Crippen LogP contribution is 2.62. The monoisotopic (exact) mass is 464 g/mol. The Morgan fingerprint density at radius 3 is 1.20 bits per heavy atom. The van der Waals surface area contributed by atoms with Crippen molar-refractivity contribution in [1.29, 1.82) is 0 Å². The number of amides is 1. The van der Waals surface area contributed by atoms with Crippen LogP contribution in [0.25, 0.3) is 0 Å². The van der Waals surface area contributed by atoms with Gasteiger partial charge in [0.15, 0.2) is 0 Å². The average Bonchev–Trinajstić information content (AvgIpc) is 2.85. The van der Waals surface area contributed by atoms with E-state index in [9.17, 15) is 4.79 Å². The van der Waals surface area contributed by atoms with Crippen molar-refractivity contribution >= 4 is 17.8 Å². The summed E-state index contributed by atoms with van der Waals surface area (Å²) in [5.74, 6) is 8.31.